The molecule has 0 atom stereocenters. The lowest BCUT2D eigenvalue weighted by Gasteiger charge is -2.05. The Labute approximate surface area is 170 Å². The lowest BCUT2D eigenvalue weighted by atomic mass is 10.2. The Kier molecular flexibility index (Phi) is 5.91. The molecule has 9 nitrogen and oxygen atoms in total. The number of carbonyl (C=O) groups is 1. The number of ether oxygens (including phenoxy) is 1. The molecule has 0 aliphatic carbocycles. The van der Waals surface area contributed by atoms with Crippen molar-refractivity contribution in [2.45, 2.75) is 11.4 Å². The third kappa shape index (κ3) is 4.58. The van der Waals surface area contributed by atoms with Crippen LogP contribution in [0.1, 0.15) is 10.4 Å². The third-order valence-corrected chi connectivity index (χ3v) is 6.28. The molecule has 0 saturated carbocycles. The molecule has 0 N–H and O–H groups in total. The van der Waals surface area contributed by atoms with Crippen LogP contribution in [0.5, 0.6) is 0 Å². The van der Waals surface area contributed by atoms with Crippen molar-refractivity contribution in [1.29, 1.82) is 0 Å². The Hall–Kier alpha value is -2.89. The first-order chi connectivity index (χ1) is 13.7. The van der Waals surface area contributed by atoms with Crippen molar-refractivity contribution in [2.24, 2.45) is 4.99 Å². The highest BCUT2D eigenvalue weighted by atomic mass is 32.2. The zero-order valence-corrected chi connectivity index (χ0v) is 17.2. The van der Waals surface area contributed by atoms with Gasteiger partial charge in [0.2, 0.25) is 0 Å². The number of fused-ring (bicyclic) bond motifs is 1. The molecule has 152 valence electrons. The number of nitro groups is 1. The standard InChI is InChI=1S/C18H17N3O6S2/c1-27-10-9-20-15-8-7-14(29(2,25)26)11-16(15)28-18(20)19-17(22)12-3-5-13(6-4-12)21(23)24/h3-8,11H,9-10H2,1-2H3. The van der Waals surface area contributed by atoms with Gasteiger partial charge in [-0.15, -0.1) is 0 Å². The van der Waals surface area contributed by atoms with E-state index in [9.17, 15) is 23.3 Å². The Balaban J connectivity index is 2.10. The van der Waals surface area contributed by atoms with Gasteiger partial charge >= 0.3 is 0 Å². The van der Waals surface area contributed by atoms with Gasteiger partial charge < -0.3 is 9.30 Å². The van der Waals surface area contributed by atoms with Crippen LogP contribution in [0.2, 0.25) is 0 Å². The van der Waals surface area contributed by atoms with E-state index in [2.05, 4.69) is 4.99 Å². The van der Waals surface area contributed by atoms with Crippen molar-refractivity contribution in [2.75, 3.05) is 20.0 Å². The number of thiazole rings is 1. The van der Waals surface area contributed by atoms with Gasteiger partial charge in [-0.05, 0) is 30.3 Å². The van der Waals surface area contributed by atoms with Crippen molar-refractivity contribution in [3.63, 3.8) is 0 Å². The molecule has 3 aromatic rings. The van der Waals surface area contributed by atoms with E-state index in [4.69, 9.17) is 4.74 Å². The first-order valence-corrected chi connectivity index (χ1v) is 11.1. The number of amides is 1. The SMILES string of the molecule is COCCn1c(=NC(=O)c2ccc([N+](=O)[O-])cc2)sc2cc(S(C)(=O)=O)ccc21. The molecule has 11 heteroatoms. The number of benzene rings is 2. The fourth-order valence-corrected chi connectivity index (χ4v) is 4.46. The Morgan fingerprint density at radius 1 is 1.24 bits per heavy atom. The molecule has 0 radical (unpaired) electrons. The molecule has 0 saturated heterocycles. The zero-order chi connectivity index (χ0) is 21.2. The van der Waals surface area contributed by atoms with E-state index in [1.807, 2.05) is 0 Å². The van der Waals surface area contributed by atoms with Crippen molar-refractivity contribution >= 4 is 43.0 Å². The number of non-ortho nitro benzene ring substituents is 1. The number of carbonyl (C=O) groups excluding carboxylic acids is 1. The predicted molar refractivity (Wildman–Crippen MR) is 108 cm³/mol. The van der Waals surface area contributed by atoms with Gasteiger partial charge in [0.1, 0.15) is 0 Å². The number of sulfone groups is 1. The summed E-state index contributed by atoms with van der Waals surface area (Å²) in [7, 11) is -1.82. The summed E-state index contributed by atoms with van der Waals surface area (Å²) in [6, 6.07) is 9.91. The van der Waals surface area contributed by atoms with Gasteiger partial charge in [0, 0.05) is 37.6 Å². The van der Waals surface area contributed by atoms with Crippen molar-refractivity contribution < 1.29 is 22.9 Å². The molecule has 0 spiro atoms. The van der Waals surface area contributed by atoms with Gasteiger partial charge in [-0.2, -0.15) is 4.99 Å². The number of nitrogens with zero attached hydrogens (tertiary/aromatic N) is 3. The van der Waals surface area contributed by atoms with Crippen LogP contribution in [0, 0.1) is 10.1 Å². The Morgan fingerprint density at radius 2 is 1.93 bits per heavy atom. The van der Waals surface area contributed by atoms with Crippen LogP contribution in [0.3, 0.4) is 0 Å². The maximum absolute atomic E-state index is 12.6. The molecule has 3 rings (SSSR count). The predicted octanol–water partition coefficient (Wildman–Crippen LogP) is 2.40. The largest absolute Gasteiger partial charge is 0.383 e. The average molecular weight is 435 g/mol. The van der Waals surface area contributed by atoms with Gasteiger partial charge in [0.25, 0.3) is 11.6 Å². The molecule has 0 bridgehead atoms. The summed E-state index contributed by atoms with van der Waals surface area (Å²) in [4.78, 5) is 27.5. The van der Waals surface area contributed by atoms with Crippen LogP contribution < -0.4 is 4.80 Å². The first-order valence-electron chi connectivity index (χ1n) is 8.36. The maximum Gasteiger partial charge on any atom is 0.279 e. The number of methoxy groups -OCH3 is 1. The monoisotopic (exact) mass is 435 g/mol. The Bertz CT molecular complexity index is 1260. The van der Waals surface area contributed by atoms with E-state index >= 15 is 0 Å². The van der Waals surface area contributed by atoms with Crippen LogP contribution in [0.4, 0.5) is 5.69 Å². The highest BCUT2D eigenvalue weighted by molar-refractivity contribution is 7.90. The molecule has 2 aromatic carbocycles. The fraction of sp³-hybridized carbons (Fsp3) is 0.222. The van der Waals surface area contributed by atoms with Crippen LogP contribution in [-0.2, 0) is 21.1 Å². The van der Waals surface area contributed by atoms with Gasteiger partial charge in [0.05, 0.1) is 26.6 Å². The second-order valence-corrected chi connectivity index (χ2v) is 9.18. The first kappa shape index (κ1) is 20.8. The third-order valence-electron chi connectivity index (χ3n) is 4.12. The highest BCUT2D eigenvalue weighted by Gasteiger charge is 2.14. The topological polar surface area (TPSA) is 121 Å². The van der Waals surface area contributed by atoms with Gasteiger partial charge in [-0.25, -0.2) is 8.42 Å². The highest BCUT2D eigenvalue weighted by Crippen LogP contribution is 2.22. The summed E-state index contributed by atoms with van der Waals surface area (Å²) in [6.45, 7) is 0.791. The number of nitro benzene ring substituents is 1. The van der Waals surface area contributed by atoms with Gasteiger partial charge in [0.15, 0.2) is 14.6 Å². The normalized spacial score (nSPS) is 12.4. The summed E-state index contributed by atoms with van der Waals surface area (Å²) < 4.78 is 31.2. The van der Waals surface area contributed by atoms with E-state index < -0.39 is 20.7 Å². The molecule has 0 unspecified atom stereocenters. The summed E-state index contributed by atoms with van der Waals surface area (Å²) in [5, 5.41) is 10.8. The van der Waals surface area contributed by atoms with Crippen molar-refractivity contribution in [3.05, 3.63) is 62.9 Å². The van der Waals surface area contributed by atoms with E-state index in [1.165, 1.54) is 41.7 Å². The molecule has 1 amide bonds. The minimum atomic E-state index is -3.37. The smallest absolute Gasteiger partial charge is 0.279 e. The van der Waals surface area contributed by atoms with Crippen molar-refractivity contribution in [3.8, 4) is 0 Å². The molecule has 1 aromatic heterocycles. The lowest BCUT2D eigenvalue weighted by Crippen LogP contribution is -2.19. The average Bonchev–Trinajstić information content (AvgIpc) is 3.01. The second-order valence-electron chi connectivity index (χ2n) is 6.15. The summed E-state index contributed by atoms with van der Waals surface area (Å²) >= 11 is 1.18. The minimum absolute atomic E-state index is 0.119. The van der Waals surface area contributed by atoms with E-state index in [0.29, 0.717) is 22.7 Å². The number of hydrogen-bond acceptors (Lipinski definition) is 7. The molecular weight excluding hydrogens is 418 g/mol. The summed E-state index contributed by atoms with van der Waals surface area (Å²) in [5.41, 5.74) is 0.824. The zero-order valence-electron chi connectivity index (χ0n) is 15.6. The maximum atomic E-state index is 12.6. The molecule has 1 heterocycles. The Morgan fingerprint density at radius 3 is 2.52 bits per heavy atom. The molecule has 0 aliphatic heterocycles. The van der Waals surface area contributed by atoms with E-state index in [1.54, 1.807) is 23.8 Å². The van der Waals surface area contributed by atoms with Crippen LogP contribution in [0.15, 0.2) is 52.4 Å². The minimum Gasteiger partial charge on any atom is -0.383 e. The number of aromatic nitrogens is 1. The molecule has 29 heavy (non-hydrogen) atoms. The summed E-state index contributed by atoms with van der Waals surface area (Å²) in [6.07, 6.45) is 1.13. The van der Waals surface area contributed by atoms with Gasteiger partial charge in [-0.1, -0.05) is 11.3 Å². The van der Waals surface area contributed by atoms with Crippen molar-refractivity contribution in [1.82, 2.24) is 4.57 Å². The second kappa shape index (κ2) is 8.23. The quantitative estimate of drug-likeness (QED) is 0.433. The number of rotatable bonds is 6. The number of hydrogen-bond donors (Lipinski definition) is 0. The molecule has 0 aliphatic rings. The molecule has 0 fully saturated rings. The summed E-state index contributed by atoms with van der Waals surface area (Å²) in [5.74, 6) is -0.555. The lowest BCUT2D eigenvalue weighted by molar-refractivity contribution is -0.384. The van der Waals surface area contributed by atoms with E-state index in [-0.39, 0.29) is 16.1 Å². The van der Waals surface area contributed by atoms with Crippen LogP contribution in [0.25, 0.3) is 10.2 Å². The van der Waals surface area contributed by atoms with Crippen LogP contribution >= 0.6 is 11.3 Å². The van der Waals surface area contributed by atoms with Crippen LogP contribution in [-0.4, -0.2) is 43.8 Å². The van der Waals surface area contributed by atoms with Gasteiger partial charge in [-0.3, -0.25) is 14.9 Å². The fourth-order valence-electron chi connectivity index (χ4n) is 2.65. The molecular formula is C18H17N3O6S2. The van der Waals surface area contributed by atoms with E-state index in [0.717, 1.165) is 11.8 Å².